The predicted molar refractivity (Wildman–Crippen MR) is 86.8 cm³/mol. The highest BCUT2D eigenvalue weighted by molar-refractivity contribution is 5.94. The number of aromatic nitrogens is 2. The molecule has 1 amide bonds. The SMILES string of the molecule is Cc1cccc(-c2noc(C(C)NC(=O)c3ccccc3F)n2)c1. The minimum absolute atomic E-state index is 0.0252. The van der Waals surface area contributed by atoms with Crippen molar-refractivity contribution in [3.05, 3.63) is 71.4 Å². The topological polar surface area (TPSA) is 68.0 Å². The lowest BCUT2D eigenvalue weighted by atomic mass is 10.1. The zero-order valence-corrected chi connectivity index (χ0v) is 13.3. The Kier molecular flexibility index (Phi) is 4.37. The van der Waals surface area contributed by atoms with Gasteiger partial charge in [-0.25, -0.2) is 4.39 Å². The van der Waals surface area contributed by atoms with Crippen molar-refractivity contribution in [1.29, 1.82) is 0 Å². The first kappa shape index (κ1) is 15.9. The van der Waals surface area contributed by atoms with Crippen LogP contribution in [0.15, 0.2) is 53.1 Å². The molecule has 0 saturated carbocycles. The fraction of sp³-hybridized carbons (Fsp3) is 0.167. The Morgan fingerprint density at radius 2 is 2.00 bits per heavy atom. The summed E-state index contributed by atoms with van der Waals surface area (Å²) in [5.74, 6) is -0.402. The fourth-order valence-electron chi connectivity index (χ4n) is 2.29. The van der Waals surface area contributed by atoms with Crippen LogP contribution >= 0.6 is 0 Å². The van der Waals surface area contributed by atoms with E-state index in [0.29, 0.717) is 5.82 Å². The lowest BCUT2D eigenvalue weighted by molar-refractivity contribution is 0.0928. The Bertz CT molecular complexity index is 876. The molecule has 6 heteroatoms. The van der Waals surface area contributed by atoms with Crippen molar-refractivity contribution in [2.24, 2.45) is 0 Å². The number of carbonyl (C=O) groups excluding carboxylic acids is 1. The van der Waals surface area contributed by atoms with Gasteiger partial charge in [-0.1, -0.05) is 41.1 Å². The molecule has 122 valence electrons. The quantitative estimate of drug-likeness (QED) is 0.794. The molecule has 1 N–H and O–H groups in total. The van der Waals surface area contributed by atoms with Gasteiger partial charge in [0.05, 0.1) is 5.56 Å². The second-order valence-electron chi connectivity index (χ2n) is 5.50. The summed E-state index contributed by atoms with van der Waals surface area (Å²) in [5, 5.41) is 6.59. The van der Waals surface area contributed by atoms with Crippen LogP contribution in [0.25, 0.3) is 11.4 Å². The molecule has 0 aliphatic rings. The second kappa shape index (κ2) is 6.62. The molecule has 3 rings (SSSR count). The lowest BCUT2D eigenvalue weighted by Crippen LogP contribution is -2.27. The number of hydrogen-bond donors (Lipinski definition) is 1. The first-order chi connectivity index (χ1) is 11.5. The van der Waals surface area contributed by atoms with Gasteiger partial charge in [0.15, 0.2) is 0 Å². The summed E-state index contributed by atoms with van der Waals surface area (Å²) in [7, 11) is 0. The highest BCUT2D eigenvalue weighted by Gasteiger charge is 2.19. The van der Waals surface area contributed by atoms with Gasteiger partial charge in [0.1, 0.15) is 11.9 Å². The van der Waals surface area contributed by atoms with Crippen LogP contribution in [0.2, 0.25) is 0 Å². The van der Waals surface area contributed by atoms with E-state index in [4.69, 9.17) is 4.52 Å². The summed E-state index contributed by atoms with van der Waals surface area (Å²) in [5.41, 5.74) is 1.89. The maximum absolute atomic E-state index is 13.6. The zero-order valence-electron chi connectivity index (χ0n) is 13.3. The molecule has 0 radical (unpaired) electrons. The summed E-state index contributed by atoms with van der Waals surface area (Å²) in [6.07, 6.45) is 0. The average Bonchev–Trinajstić information content (AvgIpc) is 3.05. The molecule has 0 saturated heterocycles. The van der Waals surface area contributed by atoms with Gasteiger partial charge < -0.3 is 9.84 Å². The van der Waals surface area contributed by atoms with E-state index in [9.17, 15) is 9.18 Å². The minimum Gasteiger partial charge on any atom is -0.340 e. The number of benzene rings is 2. The van der Waals surface area contributed by atoms with Crippen LogP contribution in [0.1, 0.15) is 34.8 Å². The molecule has 24 heavy (non-hydrogen) atoms. The van der Waals surface area contributed by atoms with E-state index < -0.39 is 17.8 Å². The molecule has 3 aromatic rings. The number of nitrogens with one attached hydrogen (secondary N) is 1. The van der Waals surface area contributed by atoms with Crippen LogP contribution in [-0.4, -0.2) is 16.0 Å². The largest absolute Gasteiger partial charge is 0.340 e. The van der Waals surface area contributed by atoms with Gasteiger partial charge >= 0.3 is 0 Å². The van der Waals surface area contributed by atoms with E-state index in [0.717, 1.165) is 11.1 Å². The van der Waals surface area contributed by atoms with Crippen LogP contribution < -0.4 is 5.32 Å². The number of aryl methyl sites for hydroxylation is 1. The molecule has 2 aromatic carbocycles. The summed E-state index contributed by atoms with van der Waals surface area (Å²) in [6.45, 7) is 3.67. The van der Waals surface area contributed by atoms with Gasteiger partial charge in [0, 0.05) is 5.56 Å². The third-order valence-corrected chi connectivity index (χ3v) is 3.55. The summed E-state index contributed by atoms with van der Waals surface area (Å²) < 4.78 is 18.9. The van der Waals surface area contributed by atoms with E-state index >= 15 is 0 Å². The van der Waals surface area contributed by atoms with E-state index in [1.54, 1.807) is 13.0 Å². The van der Waals surface area contributed by atoms with E-state index in [2.05, 4.69) is 15.5 Å². The fourth-order valence-corrected chi connectivity index (χ4v) is 2.29. The number of amides is 1. The van der Waals surface area contributed by atoms with Gasteiger partial charge in [-0.2, -0.15) is 4.98 Å². The number of halogens is 1. The molecule has 1 aromatic heterocycles. The monoisotopic (exact) mass is 325 g/mol. The van der Waals surface area contributed by atoms with Crippen molar-refractivity contribution in [3.8, 4) is 11.4 Å². The van der Waals surface area contributed by atoms with E-state index in [1.807, 2.05) is 31.2 Å². The zero-order chi connectivity index (χ0) is 17.1. The number of nitrogens with zero attached hydrogens (tertiary/aromatic N) is 2. The smallest absolute Gasteiger partial charge is 0.254 e. The van der Waals surface area contributed by atoms with Gasteiger partial charge in [-0.15, -0.1) is 0 Å². The Hall–Kier alpha value is -3.02. The Labute approximate surface area is 138 Å². The normalized spacial score (nSPS) is 12.0. The summed E-state index contributed by atoms with van der Waals surface area (Å²) in [4.78, 5) is 16.4. The van der Waals surface area contributed by atoms with Crippen LogP contribution in [0.3, 0.4) is 0 Å². The Morgan fingerprint density at radius 1 is 1.21 bits per heavy atom. The summed E-state index contributed by atoms with van der Waals surface area (Å²) in [6, 6.07) is 13.0. The van der Waals surface area contributed by atoms with Gasteiger partial charge in [0.2, 0.25) is 11.7 Å². The first-order valence-corrected chi connectivity index (χ1v) is 7.50. The molecular weight excluding hydrogens is 309 g/mol. The molecule has 0 aliphatic heterocycles. The molecule has 5 nitrogen and oxygen atoms in total. The molecule has 0 aliphatic carbocycles. The third kappa shape index (κ3) is 3.32. The molecule has 1 atom stereocenters. The maximum atomic E-state index is 13.6. The van der Waals surface area contributed by atoms with Gasteiger partial charge in [-0.05, 0) is 32.0 Å². The standard InChI is InChI=1S/C18H16FN3O2/c1-11-6-5-7-13(10-11)16-21-18(24-22-16)12(2)20-17(23)14-8-3-4-9-15(14)19/h3-10,12H,1-2H3,(H,20,23). The molecular formula is C18H16FN3O2. The van der Waals surface area contributed by atoms with Crippen LogP contribution in [0.5, 0.6) is 0 Å². The van der Waals surface area contributed by atoms with E-state index in [1.165, 1.54) is 18.2 Å². The van der Waals surface area contributed by atoms with Crippen LogP contribution in [-0.2, 0) is 0 Å². The first-order valence-electron chi connectivity index (χ1n) is 7.50. The van der Waals surface area contributed by atoms with Crippen molar-refractivity contribution in [2.45, 2.75) is 19.9 Å². The maximum Gasteiger partial charge on any atom is 0.254 e. The van der Waals surface area contributed by atoms with Crippen molar-refractivity contribution in [2.75, 3.05) is 0 Å². The van der Waals surface area contributed by atoms with Crippen molar-refractivity contribution < 1.29 is 13.7 Å². The number of hydrogen-bond acceptors (Lipinski definition) is 4. The van der Waals surface area contributed by atoms with Crippen LogP contribution in [0, 0.1) is 12.7 Å². The minimum atomic E-state index is -0.576. The number of carbonyl (C=O) groups is 1. The van der Waals surface area contributed by atoms with Gasteiger partial charge in [0.25, 0.3) is 5.91 Å². The highest BCUT2D eigenvalue weighted by atomic mass is 19.1. The molecule has 1 heterocycles. The van der Waals surface area contributed by atoms with Gasteiger partial charge in [-0.3, -0.25) is 4.79 Å². The Morgan fingerprint density at radius 3 is 2.75 bits per heavy atom. The predicted octanol–water partition coefficient (Wildman–Crippen LogP) is 3.68. The molecule has 0 bridgehead atoms. The number of rotatable bonds is 4. The third-order valence-electron chi connectivity index (χ3n) is 3.55. The average molecular weight is 325 g/mol. The lowest BCUT2D eigenvalue weighted by Gasteiger charge is -2.10. The van der Waals surface area contributed by atoms with Crippen molar-refractivity contribution in [3.63, 3.8) is 0 Å². The van der Waals surface area contributed by atoms with Crippen molar-refractivity contribution in [1.82, 2.24) is 15.5 Å². The summed E-state index contributed by atoms with van der Waals surface area (Å²) >= 11 is 0. The van der Waals surface area contributed by atoms with Crippen LogP contribution in [0.4, 0.5) is 4.39 Å². The van der Waals surface area contributed by atoms with E-state index in [-0.39, 0.29) is 11.5 Å². The van der Waals surface area contributed by atoms with Crippen molar-refractivity contribution >= 4 is 5.91 Å². The second-order valence-corrected chi connectivity index (χ2v) is 5.50. The molecule has 0 spiro atoms. The highest BCUT2D eigenvalue weighted by Crippen LogP contribution is 2.20. The molecule has 1 unspecified atom stereocenters. The molecule has 0 fully saturated rings. The Balaban J connectivity index is 1.75.